The number of rotatable bonds is 4. The van der Waals surface area contributed by atoms with Crippen LogP contribution in [0.1, 0.15) is 42.2 Å². The first-order valence-electron chi connectivity index (χ1n) is 6.61. The van der Waals surface area contributed by atoms with Crippen molar-refractivity contribution in [2.75, 3.05) is 0 Å². The summed E-state index contributed by atoms with van der Waals surface area (Å²) in [5, 5.41) is 0. The lowest BCUT2D eigenvalue weighted by Gasteiger charge is -2.09. The van der Waals surface area contributed by atoms with Crippen LogP contribution in [0.3, 0.4) is 0 Å². The maximum absolute atomic E-state index is 5.71. The fraction of sp³-hybridized carbons (Fsp3) is 0.235. The van der Waals surface area contributed by atoms with Crippen LogP contribution in [0, 0.1) is 5.92 Å². The predicted molar refractivity (Wildman–Crippen MR) is 74.2 cm³/mol. The smallest absolute Gasteiger partial charge is 0.123 e. The summed E-state index contributed by atoms with van der Waals surface area (Å²) in [6.45, 7) is 2.22. The molecule has 1 aliphatic carbocycles. The third-order valence-corrected chi connectivity index (χ3v) is 3.47. The summed E-state index contributed by atoms with van der Waals surface area (Å²) in [5.74, 6) is 2.27. The van der Waals surface area contributed by atoms with Crippen LogP contribution in [0.2, 0.25) is 0 Å². The van der Waals surface area contributed by atoms with Crippen molar-refractivity contribution in [2.45, 2.75) is 26.2 Å². The SMILES string of the molecule is CCCCc1ccoc1[C]1C=Cc2ccccc21. The number of aryl methyl sites for hydroxylation is 1. The van der Waals surface area contributed by atoms with Crippen molar-refractivity contribution in [2.24, 2.45) is 0 Å². The number of unbranched alkanes of at least 4 members (excludes halogenated alkanes) is 1. The molecule has 1 aromatic carbocycles. The largest absolute Gasteiger partial charge is 0.468 e. The molecular formula is C17H17O. The minimum atomic E-state index is 1.05. The van der Waals surface area contributed by atoms with Crippen LogP contribution in [-0.2, 0) is 6.42 Å². The summed E-state index contributed by atoms with van der Waals surface area (Å²) in [7, 11) is 0. The van der Waals surface area contributed by atoms with Crippen LogP contribution in [0.15, 0.2) is 47.1 Å². The Balaban J connectivity index is 1.93. The van der Waals surface area contributed by atoms with Crippen molar-refractivity contribution in [3.63, 3.8) is 0 Å². The van der Waals surface area contributed by atoms with Gasteiger partial charge in [0.25, 0.3) is 0 Å². The van der Waals surface area contributed by atoms with Gasteiger partial charge in [-0.3, -0.25) is 0 Å². The van der Waals surface area contributed by atoms with Crippen LogP contribution < -0.4 is 0 Å². The maximum Gasteiger partial charge on any atom is 0.123 e. The minimum absolute atomic E-state index is 1.05. The summed E-state index contributed by atoms with van der Waals surface area (Å²) in [4.78, 5) is 0. The van der Waals surface area contributed by atoms with Gasteiger partial charge in [-0.2, -0.15) is 0 Å². The molecule has 1 aliphatic rings. The molecule has 91 valence electrons. The number of furan rings is 1. The fourth-order valence-electron chi connectivity index (χ4n) is 2.48. The molecule has 3 rings (SSSR count). The molecule has 2 aromatic rings. The third-order valence-electron chi connectivity index (χ3n) is 3.47. The van der Waals surface area contributed by atoms with Crippen LogP contribution in [0.4, 0.5) is 0 Å². The van der Waals surface area contributed by atoms with E-state index in [0.717, 1.165) is 12.2 Å². The van der Waals surface area contributed by atoms with Gasteiger partial charge in [-0.25, -0.2) is 0 Å². The van der Waals surface area contributed by atoms with E-state index in [9.17, 15) is 0 Å². The monoisotopic (exact) mass is 237 g/mol. The minimum Gasteiger partial charge on any atom is -0.468 e. The van der Waals surface area contributed by atoms with Gasteiger partial charge in [0.1, 0.15) is 5.76 Å². The third kappa shape index (κ3) is 1.90. The standard InChI is InChI=1S/C17H17O/c1-2-3-6-14-11-12-18-17(14)16-10-9-13-7-4-5-8-15(13)16/h4-5,7-12H,2-3,6H2,1H3. The normalized spacial score (nSPS) is 14.1. The van der Waals surface area contributed by atoms with Crippen LogP contribution in [0.5, 0.6) is 0 Å². The highest BCUT2D eigenvalue weighted by atomic mass is 16.3. The number of allylic oxidation sites excluding steroid dienone is 1. The van der Waals surface area contributed by atoms with Gasteiger partial charge < -0.3 is 4.42 Å². The molecule has 1 nitrogen and oxygen atoms in total. The summed E-state index contributed by atoms with van der Waals surface area (Å²) in [5.41, 5.74) is 3.89. The first-order valence-corrected chi connectivity index (χ1v) is 6.61. The Bertz CT molecular complexity index is 562. The highest BCUT2D eigenvalue weighted by Crippen LogP contribution is 2.36. The zero-order chi connectivity index (χ0) is 12.4. The average Bonchev–Trinajstić information content (AvgIpc) is 3.02. The molecule has 0 bridgehead atoms. The van der Waals surface area contributed by atoms with Crippen molar-refractivity contribution >= 4 is 6.08 Å². The van der Waals surface area contributed by atoms with Gasteiger partial charge in [0.05, 0.1) is 12.2 Å². The molecule has 0 atom stereocenters. The van der Waals surface area contributed by atoms with Crippen LogP contribution in [0.25, 0.3) is 6.08 Å². The number of hydrogen-bond donors (Lipinski definition) is 0. The molecule has 0 fully saturated rings. The molecule has 0 aliphatic heterocycles. The Hall–Kier alpha value is -1.76. The van der Waals surface area contributed by atoms with E-state index in [4.69, 9.17) is 4.42 Å². The summed E-state index contributed by atoms with van der Waals surface area (Å²) in [6.07, 6.45) is 9.66. The molecule has 0 saturated carbocycles. The molecule has 1 aromatic heterocycles. The van der Waals surface area contributed by atoms with Crippen LogP contribution in [-0.4, -0.2) is 0 Å². The van der Waals surface area contributed by atoms with Gasteiger partial charge in [0, 0.05) is 0 Å². The van der Waals surface area contributed by atoms with E-state index in [0.29, 0.717) is 0 Å². The van der Waals surface area contributed by atoms with Gasteiger partial charge in [-0.05, 0) is 35.6 Å². The van der Waals surface area contributed by atoms with E-state index in [1.165, 1.54) is 35.4 Å². The maximum atomic E-state index is 5.71. The van der Waals surface area contributed by atoms with Crippen molar-refractivity contribution in [1.29, 1.82) is 0 Å². The highest BCUT2D eigenvalue weighted by molar-refractivity contribution is 5.72. The molecule has 1 radical (unpaired) electrons. The fourth-order valence-corrected chi connectivity index (χ4v) is 2.48. The van der Waals surface area contributed by atoms with E-state index in [1.54, 1.807) is 0 Å². The van der Waals surface area contributed by atoms with E-state index >= 15 is 0 Å². The van der Waals surface area contributed by atoms with E-state index < -0.39 is 0 Å². The lowest BCUT2D eigenvalue weighted by atomic mass is 9.94. The molecule has 18 heavy (non-hydrogen) atoms. The zero-order valence-corrected chi connectivity index (χ0v) is 10.6. The van der Waals surface area contributed by atoms with Crippen molar-refractivity contribution < 1.29 is 4.42 Å². The first kappa shape index (κ1) is 11.3. The molecule has 0 N–H and O–H groups in total. The topological polar surface area (TPSA) is 13.1 Å². The van der Waals surface area contributed by atoms with Crippen LogP contribution >= 0.6 is 0 Å². The summed E-state index contributed by atoms with van der Waals surface area (Å²) >= 11 is 0. The van der Waals surface area contributed by atoms with E-state index in [1.807, 2.05) is 6.26 Å². The highest BCUT2D eigenvalue weighted by Gasteiger charge is 2.24. The Labute approximate surface area is 108 Å². The molecule has 1 heteroatoms. The molecule has 0 saturated heterocycles. The second kappa shape index (κ2) is 4.85. The first-order chi connectivity index (χ1) is 8.90. The quantitative estimate of drug-likeness (QED) is 0.756. The lowest BCUT2D eigenvalue weighted by molar-refractivity contribution is 0.529. The average molecular weight is 237 g/mol. The number of hydrogen-bond acceptors (Lipinski definition) is 1. The lowest BCUT2D eigenvalue weighted by Crippen LogP contribution is -1.99. The molecule has 0 amide bonds. The van der Waals surface area contributed by atoms with Gasteiger partial charge in [0.2, 0.25) is 0 Å². The Morgan fingerprint density at radius 3 is 2.83 bits per heavy atom. The Morgan fingerprint density at radius 1 is 1.06 bits per heavy atom. The number of benzene rings is 1. The second-order valence-electron chi connectivity index (χ2n) is 4.71. The van der Waals surface area contributed by atoms with Crippen molar-refractivity contribution in [1.82, 2.24) is 0 Å². The molecule has 0 spiro atoms. The summed E-state index contributed by atoms with van der Waals surface area (Å²) < 4.78 is 5.71. The van der Waals surface area contributed by atoms with Crippen molar-refractivity contribution in [3.8, 4) is 0 Å². The summed E-state index contributed by atoms with van der Waals surface area (Å²) in [6, 6.07) is 10.6. The molecular weight excluding hydrogens is 220 g/mol. The van der Waals surface area contributed by atoms with Gasteiger partial charge >= 0.3 is 0 Å². The zero-order valence-electron chi connectivity index (χ0n) is 10.6. The molecule has 0 unspecified atom stereocenters. The van der Waals surface area contributed by atoms with E-state index in [2.05, 4.69) is 49.4 Å². The Kier molecular flexibility index (Phi) is 3.06. The second-order valence-corrected chi connectivity index (χ2v) is 4.71. The van der Waals surface area contributed by atoms with Gasteiger partial charge in [-0.15, -0.1) is 0 Å². The number of fused-ring (bicyclic) bond motifs is 1. The van der Waals surface area contributed by atoms with Crippen molar-refractivity contribution in [3.05, 3.63) is 71.0 Å². The Morgan fingerprint density at radius 2 is 1.94 bits per heavy atom. The van der Waals surface area contributed by atoms with Gasteiger partial charge in [0.15, 0.2) is 0 Å². The van der Waals surface area contributed by atoms with E-state index in [-0.39, 0.29) is 0 Å². The van der Waals surface area contributed by atoms with Gasteiger partial charge in [-0.1, -0.05) is 49.8 Å². The molecule has 1 heterocycles. The predicted octanol–water partition coefficient (Wildman–Crippen LogP) is 4.62.